The molecule has 0 aliphatic rings. The van der Waals surface area contributed by atoms with Crippen LogP contribution in [0.15, 0.2) is 22.7 Å². The van der Waals surface area contributed by atoms with Crippen molar-refractivity contribution in [2.75, 3.05) is 0 Å². The molecule has 0 atom stereocenters. The fourth-order valence-corrected chi connectivity index (χ4v) is 1.42. The number of hydrogen-bond acceptors (Lipinski definition) is 1. The molecular formula is C10H9BrFN. The van der Waals surface area contributed by atoms with Gasteiger partial charge in [-0.15, -0.1) is 0 Å². The molecule has 1 nitrogen and oxygen atoms in total. The Morgan fingerprint density at radius 2 is 2.23 bits per heavy atom. The molecule has 0 fully saturated rings. The van der Waals surface area contributed by atoms with Crippen LogP contribution >= 0.6 is 15.9 Å². The van der Waals surface area contributed by atoms with Gasteiger partial charge < -0.3 is 0 Å². The van der Waals surface area contributed by atoms with E-state index in [2.05, 4.69) is 15.9 Å². The first-order chi connectivity index (χ1) is 6.24. The van der Waals surface area contributed by atoms with Crippen molar-refractivity contribution < 1.29 is 4.39 Å². The van der Waals surface area contributed by atoms with Gasteiger partial charge in [-0.1, -0.05) is 22.0 Å². The normalized spacial score (nSPS) is 9.62. The van der Waals surface area contributed by atoms with Crippen LogP contribution in [0.25, 0.3) is 0 Å². The van der Waals surface area contributed by atoms with Gasteiger partial charge in [0.25, 0.3) is 0 Å². The van der Waals surface area contributed by atoms with E-state index in [1.54, 1.807) is 6.07 Å². The first-order valence-electron chi connectivity index (χ1n) is 4.05. The van der Waals surface area contributed by atoms with Crippen LogP contribution in [-0.2, 0) is 6.42 Å². The fraction of sp³-hybridized carbons (Fsp3) is 0.300. The monoisotopic (exact) mass is 241 g/mol. The maximum absolute atomic E-state index is 13.2. The number of aryl methyl sites for hydroxylation is 1. The Morgan fingerprint density at radius 1 is 1.46 bits per heavy atom. The maximum Gasteiger partial charge on any atom is 0.127 e. The lowest BCUT2D eigenvalue weighted by Crippen LogP contribution is -1.90. The van der Waals surface area contributed by atoms with E-state index < -0.39 is 0 Å². The van der Waals surface area contributed by atoms with E-state index in [-0.39, 0.29) is 5.82 Å². The fourth-order valence-electron chi connectivity index (χ4n) is 1.08. The second kappa shape index (κ2) is 4.98. The van der Waals surface area contributed by atoms with E-state index in [1.807, 2.05) is 12.1 Å². The first-order valence-corrected chi connectivity index (χ1v) is 4.84. The second-order valence-corrected chi connectivity index (χ2v) is 3.66. The van der Waals surface area contributed by atoms with Gasteiger partial charge >= 0.3 is 0 Å². The van der Waals surface area contributed by atoms with E-state index in [9.17, 15) is 4.39 Å². The summed E-state index contributed by atoms with van der Waals surface area (Å²) in [5, 5.41) is 8.31. The van der Waals surface area contributed by atoms with Crippen LogP contribution in [0.5, 0.6) is 0 Å². The van der Waals surface area contributed by atoms with Crippen LogP contribution < -0.4 is 0 Å². The van der Waals surface area contributed by atoms with Gasteiger partial charge in [0.05, 0.1) is 6.07 Å². The molecule has 0 saturated carbocycles. The van der Waals surface area contributed by atoms with Gasteiger partial charge in [-0.25, -0.2) is 4.39 Å². The van der Waals surface area contributed by atoms with Crippen LogP contribution in [0.3, 0.4) is 0 Å². The molecule has 0 heterocycles. The number of hydrogen-bond donors (Lipinski definition) is 0. The molecular weight excluding hydrogens is 233 g/mol. The van der Waals surface area contributed by atoms with Gasteiger partial charge in [0.2, 0.25) is 0 Å². The number of rotatable bonds is 3. The van der Waals surface area contributed by atoms with Crippen molar-refractivity contribution >= 4 is 15.9 Å². The summed E-state index contributed by atoms with van der Waals surface area (Å²) in [6.07, 6.45) is 1.83. The van der Waals surface area contributed by atoms with E-state index in [0.717, 1.165) is 10.9 Å². The van der Waals surface area contributed by atoms with Crippen molar-refractivity contribution in [2.45, 2.75) is 19.3 Å². The minimum absolute atomic E-state index is 0.202. The average Bonchev–Trinajstić information content (AvgIpc) is 2.09. The average molecular weight is 242 g/mol. The molecule has 0 spiro atoms. The number of nitrogens with zero attached hydrogens (tertiary/aromatic N) is 1. The minimum atomic E-state index is -0.202. The highest BCUT2D eigenvalue weighted by atomic mass is 79.9. The minimum Gasteiger partial charge on any atom is -0.207 e. The zero-order chi connectivity index (χ0) is 9.68. The molecule has 0 N–H and O–H groups in total. The zero-order valence-corrected chi connectivity index (χ0v) is 8.64. The summed E-state index contributed by atoms with van der Waals surface area (Å²) in [7, 11) is 0. The van der Waals surface area contributed by atoms with Gasteiger partial charge in [0.15, 0.2) is 0 Å². The number of unbranched alkanes of at least 4 members (excludes halogenated alkanes) is 1. The molecule has 0 radical (unpaired) electrons. The number of benzene rings is 1. The Bertz CT molecular complexity index is 330. The van der Waals surface area contributed by atoms with Crippen molar-refractivity contribution in [3.05, 3.63) is 34.1 Å². The van der Waals surface area contributed by atoms with Crippen LogP contribution in [0.2, 0.25) is 0 Å². The van der Waals surface area contributed by atoms with Crippen LogP contribution in [-0.4, -0.2) is 0 Å². The summed E-state index contributed by atoms with van der Waals surface area (Å²) in [4.78, 5) is 0. The predicted molar refractivity (Wildman–Crippen MR) is 52.7 cm³/mol. The lowest BCUT2D eigenvalue weighted by atomic mass is 10.1. The molecule has 0 bridgehead atoms. The molecule has 0 saturated heterocycles. The van der Waals surface area contributed by atoms with E-state index in [4.69, 9.17) is 5.26 Å². The molecule has 0 aliphatic carbocycles. The van der Waals surface area contributed by atoms with Gasteiger partial charge in [-0.05, 0) is 30.5 Å². The van der Waals surface area contributed by atoms with Crippen LogP contribution in [0.4, 0.5) is 4.39 Å². The van der Waals surface area contributed by atoms with E-state index in [0.29, 0.717) is 18.4 Å². The standard InChI is InChI=1S/C10H9BrFN/c11-9-5-4-8(10(12)7-9)3-1-2-6-13/h4-5,7H,1-3H2. The predicted octanol–water partition coefficient (Wildman–Crippen LogP) is 3.43. The summed E-state index contributed by atoms with van der Waals surface area (Å²) in [6.45, 7) is 0. The third-order valence-corrected chi connectivity index (χ3v) is 2.24. The Labute approximate surface area is 85.3 Å². The summed E-state index contributed by atoms with van der Waals surface area (Å²) in [5.41, 5.74) is 0.679. The van der Waals surface area contributed by atoms with Crippen molar-refractivity contribution in [3.8, 4) is 6.07 Å². The first kappa shape index (κ1) is 10.2. The van der Waals surface area contributed by atoms with E-state index >= 15 is 0 Å². The van der Waals surface area contributed by atoms with Gasteiger partial charge in [-0.2, -0.15) is 5.26 Å². The molecule has 1 aromatic rings. The SMILES string of the molecule is N#CCCCc1ccc(Br)cc1F. The zero-order valence-electron chi connectivity index (χ0n) is 7.06. The smallest absolute Gasteiger partial charge is 0.127 e. The van der Waals surface area contributed by atoms with Crippen molar-refractivity contribution in [2.24, 2.45) is 0 Å². The van der Waals surface area contributed by atoms with Crippen molar-refractivity contribution in [3.63, 3.8) is 0 Å². The summed E-state index contributed by atoms with van der Waals surface area (Å²) in [5.74, 6) is -0.202. The molecule has 0 amide bonds. The molecule has 1 aromatic carbocycles. The molecule has 0 aliphatic heterocycles. The van der Waals surface area contributed by atoms with Gasteiger partial charge in [-0.3, -0.25) is 0 Å². The lowest BCUT2D eigenvalue weighted by Gasteiger charge is -2.01. The third-order valence-electron chi connectivity index (χ3n) is 1.75. The molecule has 1 rings (SSSR count). The lowest BCUT2D eigenvalue weighted by molar-refractivity contribution is 0.604. The molecule has 0 aromatic heterocycles. The summed E-state index contributed by atoms with van der Waals surface area (Å²) >= 11 is 3.19. The summed E-state index contributed by atoms with van der Waals surface area (Å²) < 4.78 is 13.9. The van der Waals surface area contributed by atoms with Crippen molar-refractivity contribution in [1.82, 2.24) is 0 Å². The molecule has 68 valence electrons. The maximum atomic E-state index is 13.2. The largest absolute Gasteiger partial charge is 0.207 e. The molecule has 13 heavy (non-hydrogen) atoms. The quantitative estimate of drug-likeness (QED) is 0.745. The Balaban J connectivity index is 2.62. The number of halogens is 2. The Kier molecular flexibility index (Phi) is 3.91. The van der Waals surface area contributed by atoms with E-state index in [1.165, 1.54) is 6.07 Å². The Morgan fingerprint density at radius 3 is 2.85 bits per heavy atom. The number of nitriles is 1. The van der Waals surface area contributed by atoms with Gasteiger partial charge in [0.1, 0.15) is 5.82 Å². The molecule has 0 unspecified atom stereocenters. The van der Waals surface area contributed by atoms with Crippen LogP contribution in [0.1, 0.15) is 18.4 Å². The summed E-state index contributed by atoms with van der Waals surface area (Å²) in [6, 6.07) is 7.04. The van der Waals surface area contributed by atoms with Crippen LogP contribution in [0, 0.1) is 17.1 Å². The Hall–Kier alpha value is -0.880. The van der Waals surface area contributed by atoms with Gasteiger partial charge in [0, 0.05) is 10.9 Å². The van der Waals surface area contributed by atoms with Crippen molar-refractivity contribution in [1.29, 1.82) is 5.26 Å². The highest BCUT2D eigenvalue weighted by Crippen LogP contribution is 2.16. The highest BCUT2D eigenvalue weighted by molar-refractivity contribution is 9.10. The topological polar surface area (TPSA) is 23.8 Å². The third kappa shape index (κ3) is 3.16. The molecule has 3 heteroatoms. The highest BCUT2D eigenvalue weighted by Gasteiger charge is 2.01. The second-order valence-electron chi connectivity index (χ2n) is 2.75.